The van der Waals surface area contributed by atoms with E-state index in [2.05, 4.69) is 0 Å². The monoisotopic (exact) mass is 302 g/mol. The molecule has 0 aliphatic heterocycles. The van der Waals surface area contributed by atoms with Crippen molar-refractivity contribution in [2.45, 2.75) is 20.8 Å². The van der Waals surface area contributed by atoms with Gasteiger partial charge in [0.05, 0.1) is 30.7 Å². The Bertz CT molecular complexity index is 252. The maximum Gasteiger partial charge on any atom is 0.389 e. The van der Waals surface area contributed by atoms with Crippen molar-refractivity contribution in [3.05, 3.63) is 0 Å². The van der Waals surface area contributed by atoms with Crippen molar-refractivity contribution >= 4 is 35.9 Å². The zero-order valence-electron chi connectivity index (χ0n) is 10.3. The first-order valence-corrected chi connectivity index (χ1v) is 9.63. The smallest absolute Gasteiger partial charge is 0.389 e. The summed E-state index contributed by atoms with van der Waals surface area (Å²) >= 11 is 2.44. The molecule has 0 aromatic carbocycles. The maximum absolute atomic E-state index is 12.0. The average Bonchev–Trinajstić information content (AvgIpc) is 2.26. The fourth-order valence-electron chi connectivity index (χ4n) is 0.858. The highest BCUT2D eigenvalue weighted by Gasteiger charge is 2.24. The van der Waals surface area contributed by atoms with Crippen molar-refractivity contribution in [3.8, 4) is 0 Å². The molecule has 0 aliphatic carbocycles. The number of hydrogen-bond donors (Lipinski definition) is 0. The summed E-state index contributed by atoms with van der Waals surface area (Å²) in [6.45, 7) is 3.29. The Hall–Kier alpha value is 0.320. The van der Waals surface area contributed by atoms with E-state index in [-0.39, 0.29) is 11.7 Å². The van der Waals surface area contributed by atoms with Crippen molar-refractivity contribution < 1.29 is 23.1 Å². The molecule has 0 aliphatic rings. The van der Waals surface area contributed by atoms with Gasteiger partial charge in [0.25, 0.3) is 0 Å². The van der Waals surface area contributed by atoms with Crippen LogP contribution < -0.4 is 0 Å². The lowest BCUT2D eigenvalue weighted by Gasteiger charge is -2.15. The third-order valence-electron chi connectivity index (χ3n) is 1.39. The van der Waals surface area contributed by atoms with E-state index in [4.69, 9.17) is 13.8 Å². The predicted octanol–water partition coefficient (Wildman–Crippen LogP) is 3.15. The van der Waals surface area contributed by atoms with Gasteiger partial charge in [-0.1, -0.05) is 0 Å². The molecule has 0 heterocycles. The maximum atomic E-state index is 12.0. The van der Waals surface area contributed by atoms with Crippen LogP contribution in [-0.4, -0.2) is 36.6 Å². The van der Waals surface area contributed by atoms with E-state index in [0.717, 1.165) is 11.4 Å². The minimum absolute atomic E-state index is 0.249. The van der Waals surface area contributed by atoms with Crippen LogP contribution >= 0.6 is 29.9 Å². The van der Waals surface area contributed by atoms with Crippen LogP contribution in [-0.2, 0) is 23.1 Å². The lowest BCUT2D eigenvalue weighted by atomic mass is 10.8. The van der Waals surface area contributed by atoms with Crippen LogP contribution in [0.25, 0.3) is 0 Å². The van der Waals surface area contributed by atoms with Crippen molar-refractivity contribution in [1.29, 1.82) is 0 Å². The lowest BCUT2D eigenvalue weighted by Crippen LogP contribution is -2.06. The quantitative estimate of drug-likeness (QED) is 0.266. The molecule has 102 valence electrons. The molecule has 0 aromatic heterocycles. The minimum Gasteiger partial charge on any atom is -0.465 e. The molecule has 8 heteroatoms. The Labute approximate surface area is 111 Å². The van der Waals surface area contributed by atoms with Crippen LogP contribution in [0.2, 0.25) is 0 Å². The third kappa shape index (κ3) is 8.97. The first-order chi connectivity index (χ1) is 8.08. The minimum atomic E-state index is -3.05. The summed E-state index contributed by atoms with van der Waals surface area (Å²) in [5.41, 5.74) is 0. The number of carbonyl (C=O) groups excluding carboxylic acids is 1. The van der Waals surface area contributed by atoms with E-state index in [1.54, 1.807) is 20.8 Å². The standard InChI is InChI=1S/C9H19O5PS2/c1-4-12-9(10)7-16-8-17-15(11,13-5-2)14-6-3/h4-8H2,1-3H3. The fourth-order valence-corrected chi connectivity index (χ4v) is 6.02. The number of rotatable bonds is 10. The van der Waals surface area contributed by atoms with Gasteiger partial charge in [0.1, 0.15) is 0 Å². The van der Waals surface area contributed by atoms with Gasteiger partial charge in [0, 0.05) is 0 Å². The zero-order valence-corrected chi connectivity index (χ0v) is 12.9. The summed E-state index contributed by atoms with van der Waals surface area (Å²) in [5, 5.41) is 0.468. The van der Waals surface area contributed by atoms with Gasteiger partial charge in [-0.3, -0.25) is 4.79 Å². The summed E-state index contributed by atoms with van der Waals surface area (Å²) in [6.07, 6.45) is 0. The van der Waals surface area contributed by atoms with E-state index in [0.29, 0.717) is 24.9 Å². The van der Waals surface area contributed by atoms with Crippen LogP contribution in [0.3, 0.4) is 0 Å². The Kier molecular flexibility index (Phi) is 10.5. The summed E-state index contributed by atoms with van der Waals surface area (Å²) in [4.78, 5) is 11.0. The van der Waals surface area contributed by atoms with Crippen molar-refractivity contribution in [3.63, 3.8) is 0 Å². The van der Waals surface area contributed by atoms with Gasteiger partial charge in [0.2, 0.25) is 0 Å². The molecular weight excluding hydrogens is 283 g/mol. The molecule has 0 spiro atoms. The van der Waals surface area contributed by atoms with E-state index < -0.39 is 6.80 Å². The third-order valence-corrected chi connectivity index (χ3v) is 6.92. The second-order valence-electron chi connectivity index (χ2n) is 2.68. The number of ether oxygens (including phenoxy) is 1. The molecule has 17 heavy (non-hydrogen) atoms. The largest absolute Gasteiger partial charge is 0.465 e. The van der Waals surface area contributed by atoms with Gasteiger partial charge in [-0.15, -0.1) is 11.8 Å². The summed E-state index contributed by atoms with van der Waals surface area (Å²) < 4.78 is 26.9. The summed E-state index contributed by atoms with van der Waals surface area (Å²) in [6, 6.07) is 0. The van der Waals surface area contributed by atoms with E-state index in [9.17, 15) is 9.36 Å². The molecule has 0 aromatic rings. The van der Waals surface area contributed by atoms with E-state index in [1.807, 2.05) is 0 Å². The highest BCUT2D eigenvalue weighted by molar-refractivity contribution is 8.57. The zero-order chi connectivity index (χ0) is 13.1. The Morgan fingerprint density at radius 1 is 1.12 bits per heavy atom. The number of hydrogen-bond acceptors (Lipinski definition) is 7. The molecule has 5 nitrogen and oxygen atoms in total. The average molecular weight is 302 g/mol. The second-order valence-corrected chi connectivity index (χ2v) is 8.11. The summed E-state index contributed by atoms with van der Waals surface area (Å²) in [5.74, 6) is -0.0141. The molecule has 0 atom stereocenters. The van der Waals surface area contributed by atoms with Gasteiger partial charge in [-0.25, -0.2) is 4.57 Å². The Morgan fingerprint density at radius 2 is 1.71 bits per heavy atom. The molecule has 0 unspecified atom stereocenters. The van der Waals surface area contributed by atoms with Crippen LogP contribution in [0.1, 0.15) is 20.8 Å². The molecule has 0 N–H and O–H groups in total. The molecule has 0 bridgehead atoms. The number of thioether (sulfide) groups is 1. The van der Waals surface area contributed by atoms with Gasteiger partial charge >= 0.3 is 12.8 Å². The summed E-state index contributed by atoms with van der Waals surface area (Å²) in [7, 11) is 0. The first kappa shape index (κ1) is 17.3. The van der Waals surface area contributed by atoms with Gasteiger partial charge in [-0.05, 0) is 32.2 Å². The lowest BCUT2D eigenvalue weighted by molar-refractivity contribution is -0.139. The van der Waals surface area contributed by atoms with Crippen LogP contribution in [0.4, 0.5) is 0 Å². The van der Waals surface area contributed by atoms with Crippen LogP contribution in [0.15, 0.2) is 0 Å². The van der Waals surface area contributed by atoms with Gasteiger partial charge in [0.15, 0.2) is 0 Å². The molecule has 0 rings (SSSR count). The molecule has 0 amide bonds. The number of carbonyl (C=O) groups is 1. The normalized spacial score (nSPS) is 11.5. The van der Waals surface area contributed by atoms with Crippen molar-refractivity contribution in [2.75, 3.05) is 30.7 Å². The molecule has 0 radical (unpaired) electrons. The van der Waals surface area contributed by atoms with Crippen molar-refractivity contribution in [2.24, 2.45) is 0 Å². The SMILES string of the molecule is CCOC(=O)CSCSP(=O)(OCC)OCC. The molecule has 0 fully saturated rings. The number of esters is 1. The van der Waals surface area contributed by atoms with Crippen molar-refractivity contribution in [1.82, 2.24) is 0 Å². The second kappa shape index (κ2) is 10.3. The highest BCUT2D eigenvalue weighted by Crippen LogP contribution is 2.61. The van der Waals surface area contributed by atoms with Gasteiger partial charge in [-0.2, -0.15) is 0 Å². The topological polar surface area (TPSA) is 61.8 Å². The van der Waals surface area contributed by atoms with Crippen LogP contribution in [0, 0.1) is 0 Å². The van der Waals surface area contributed by atoms with E-state index in [1.165, 1.54) is 11.8 Å². The Morgan fingerprint density at radius 3 is 2.18 bits per heavy atom. The molecule has 0 saturated carbocycles. The van der Waals surface area contributed by atoms with E-state index >= 15 is 0 Å². The van der Waals surface area contributed by atoms with Crippen LogP contribution in [0.5, 0.6) is 0 Å². The Balaban J connectivity index is 3.82. The van der Waals surface area contributed by atoms with Gasteiger partial charge < -0.3 is 13.8 Å². The molecule has 0 saturated heterocycles. The highest BCUT2D eigenvalue weighted by atomic mass is 32.7. The first-order valence-electron chi connectivity index (χ1n) is 5.35. The predicted molar refractivity (Wildman–Crippen MR) is 72.4 cm³/mol. The molecular formula is C9H19O5PS2. The fraction of sp³-hybridized carbons (Fsp3) is 0.889.